The van der Waals surface area contributed by atoms with Gasteiger partial charge >= 0.3 is 0 Å². The van der Waals surface area contributed by atoms with Crippen molar-refractivity contribution in [2.75, 3.05) is 5.32 Å². The monoisotopic (exact) mass is 369 g/mol. The van der Waals surface area contributed by atoms with Gasteiger partial charge in [-0.3, -0.25) is 9.59 Å². The molecule has 0 fully saturated rings. The van der Waals surface area contributed by atoms with Crippen LogP contribution in [-0.4, -0.2) is 11.7 Å². The van der Waals surface area contributed by atoms with Crippen molar-refractivity contribution in [2.45, 2.75) is 6.92 Å². The highest BCUT2D eigenvalue weighted by atomic mass is 79.9. The van der Waals surface area contributed by atoms with Gasteiger partial charge in [-0.25, -0.2) is 0 Å². The SMILES string of the molecule is C=C(C)C(=O)Nc1ccc(/C=C/C(=O)c2ccc(Br)cc2)cc1. The molecule has 0 aliphatic carbocycles. The van der Waals surface area contributed by atoms with E-state index >= 15 is 0 Å². The van der Waals surface area contributed by atoms with E-state index in [2.05, 4.69) is 27.8 Å². The van der Waals surface area contributed by atoms with Crippen LogP contribution in [0.1, 0.15) is 22.8 Å². The van der Waals surface area contributed by atoms with Crippen molar-refractivity contribution in [3.63, 3.8) is 0 Å². The molecular formula is C19H16BrNO2. The molecule has 0 radical (unpaired) electrons. The van der Waals surface area contributed by atoms with Crippen LogP contribution in [-0.2, 0) is 4.79 Å². The van der Waals surface area contributed by atoms with E-state index in [4.69, 9.17) is 0 Å². The number of carbonyl (C=O) groups excluding carboxylic acids is 2. The maximum atomic E-state index is 12.0. The van der Waals surface area contributed by atoms with Crippen molar-refractivity contribution in [3.8, 4) is 0 Å². The van der Waals surface area contributed by atoms with Crippen LogP contribution in [0, 0.1) is 0 Å². The molecule has 2 aromatic rings. The van der Waals surface area contributed by atoms with Crippen molar-refractivity contribution in [1.29, 1.82) is 0 Å². The first-order chi connectivity index (χ1) is 11.0. The van der Waals surface area contributed by atoms with E-state index < -0.39 is 0 Å². The molecule has 0 unspecified atom stereocenters. The van der Waals surface area contributed by atoms with Gasteiger partial charge in [0, 0.05) is 21.3 Å². The molecule has 0 aromatic heterocycles. The van der Waals surface area contributed by atoms with Crippen molar-refractivity contribution < 1.29 is 9.59 Å². The van der Waals surface area contributed by atoms with E-state index in [9.17, 15) is 9.59 Å². The van der Waals surface area contributed by atoms with Crippen LogP contribution < -0.4 is 5.32 Å². The number of benzene rings is 2. The Bertz CT molecular complexity index is 759. The molecule has 4 heteroatoms. The highest BCUT2D eigenvalue weighted by molar-refractivity contribution is 9.10. The van der Waals surface area contributed by atoms with Crippen LogP contribution in [0.4, 0.5) is 5.69 Å². The lowest BCUT2D eigenvalue weighted by Crippen LogP contribution is -2.11. The number of amides is 1. The summed E-state index contributed by atoms with van der Waals surface area (Å²) in [5.74, 6) is -0.268. The lowest BCUT2D eigenvalue weighted by Gasteiger charge is -2.04. The number of carbonyl (C=O) groups is 2. The maximum absolute atomic E-state index is 12.0. The Labute approximate surface area is 143 Å². The molecule has 23 heavy (non-hydrogen) atoms. The summed E-state index contributed by atoms with van der Waals surface area (Å²) < 4.78 is 0.936. The fraction of sp³-hybridized carbons (Fsp3) is 0.0526. The van der Waals surface area contributed by atoms with Crippen LogP contribution in [0.15, 0.2) is 71.2 Å². The van der Waals surface area contributed by atoms with Gasteiger partial charge in [0.25, 0.3) is 5.91 Å². The van der Waals surface area contributed by atoms with Gasteiger partial charge in [-0.15, -0.1) is 0 Å². The lowest BCUT2D eigenvalue weighted by atomic mass is 10.1. The topological polar surface area (TPSA) is 46.2 Å². The third-order valence-corrected chi connectivity index (χ3v) is 3.64. The summed E-state index contributed by atoms with van der Waals surface area (Å²) in [7, 11) is 0. The minimum absolute atomic E-state index is 0.0582. The summed E-state index contributed by atoms with van der Waals surface area (Å²) in [6.07, 6.45) is 3.28. The van der Waals surface area contributed by atoms with Crippen LogP contribution in [0.5, 0.6) is 0 Å². The highest BCUT2D eigenvalue weighted by Crippen LogP contribution is 2.14. The smallest absolute Gasteiger partial charge is 0.250 e. The van der Waals surface area contributed by atoms with E-state index in [-0.39, 0.29) is 11.7 Å². The molecule has 0 spiro atoms. The van der Waals surface area contributed by atoms with Gasteiger partial charge in [0.05, 0.1) is 0 Å². The molecule has 2 rings (SSSR count). The summed E-state index contributed by atoms with van der Waals surface area (Å²) in [6, 6.07) is 14.4. The highest BCUT2D eigenvalue weighted by Gasteiger charge is 2.03. The van der Waals surface area contributed by atoms with Crippen LogP contribution in [0.25, 0.3) is 6.08 Å². The molecule has 2 aromatic carbocycles. The van der Waals surface area contributed by atoms with Crippen LogP contribution in [0.3, 0.4) is 0 Å². The van der Waals surface area contributed by atoms with Gasteiger partial charge in [-0.2, -0.15) is 0 Å². The molecule has 1 amide bonds. The molecule has 1 N–H and O–H groups in total. The van der Waals surface area contributed by atoms with Crippen LogP contribution >= 0.6 is 15.9 Å². The van der Waals surface area contributed by atoms with Crippen molar-refractivity contribution in [3.05, 3.63) is 82.4 Å². The third-order valence-electron chi connectivity index (χ3n) is 3.11. The van der Waals surface area contributed by atoms with E-state index in [0.717, 1.165) is 10.0 Å². The predicted octanol–water partition coefficient (Wildman–Crippen LogP) is 4.86. The number of rotatable bonds is 5. The number of halogens is 1. The van der Waals surface area contributed by atoms with E-state index in [1.54, 1.807) is 37.3 Å². The van der Waals surface area contributed by atoms with Crippen LogP contribution in [0.2, 0.25) is 0 Å². The molecule has 3 nitrogen and oxygen atoms in total. The predicted molar refractivity (Wildman–Crippen MR) is 97.4 cm³/mol. The first-order valence-electron chi connectivity index (χ1n) is 7.00. The summed E-state index contributed by atoms with van der Waals surface area (Å²) in [5, 5.41) is 2.73. The van der Waals surface area contributed by atoms with Gasteiger partial charge in [0.1, 0.15) is 0 Å². The van der Waals surface area contributed by atoms with Gasteiger partial charge in [0.2, 0.25) is 0 Å². The second-order valence-electron chi connectivity index (χ2n) is 5.06. The molecule has 116 valence electrons. The molecular weight excluding hydrogens is 354 g/mol. The Morgan fingerprint density at radius 3 is 2.22 bits per heavy atom. The number of allylic oxidation sites excluding steroid dienone is 1. The fourth-order valence-electron chi connectivity index (χ4n) is 1.80. The lowest BCUT2D eigenvalue weighted by molar-refractivity contribution is -0.112. The number of hydrogen-bond donors (Lipinski definition) is 1. The van der Waals surface area contributed by atoms with E-state index in [0.29, 0.717) is 16.8 Å². The normalized spacial score (nSPS) is 10.5. The van der Waals surface area contributed by atoms with Gasteiger partial charge in [-0.1, -0.05) is 40.7 Å². The van der Waals surface area contributed by atoms with Gasteiger partial charge in [0.15, 0.2) is 5.78 Å². The first-order valence-corrected chi connectivity index (χ1v) is 7.80. The molecule has 0 atom stereocenters. The average molecular weight is 370 g/mol. The minimum atomic E-state index is -0.210. The summed E-state index contributed by atoms with van der Waals surface area (Å²) in [4.78, 5) is 23.6. The molecule has 0 heterocycles. The molecule has 0 saturated carbocycles. The number of hydrogen-bond acceptors (Lipinski definition) is 2. The zero-order valence-corrected chi connectivity index (χ0v) is 14.3. The zero-order valence-electron chi connectivity index (χ0n) is 12.7. The van der Waals surface area contributed by atoms with Gasteiger partial charge < -0.3 is 5.32 Å². The Morgan fingerprint density at radius 2 is 1.65 bits per heavy atom. The second-order valence-corrected chi connectivity index (χ2v) is 5.98. The first kappa shape index (κ1) is 16.9. The van der Waals surface area contributed by atoms with Crippen molar-refractivity contribution in [1.82, 2.24) is 0 Å². The number of ketones is 1. The average Bonchev–Trinajstić information content (AvgIpc) is 2.54. The molecule has 0 aliphatic heterocycles. The Hall–Kier alpha value is -2.46. The maximum Gasteiger partial charge on any atom is 0.250 e. The number of nitrogens with one attached hydrogen (secondary N) is 1. The summed E-state index contributed by atoms with van der Waals surface area (Å²) in [6.45, 7) is 5.24. The quantitative estimate of drug-likeness (QED) is 0.604. The molecule has 0 aliphatic rings. The van der Waals surface area contributed by atoms with E-state index in [1.165, 1.54) is 6.08 Å². The van der Waals surface area contributed by atoms with Crippen molar-refractivity contribution in [2.24, 2.45) is 0 Å². The second kappa shape index (κ2) is 7.70. The van der Waals surface area contributed by atoms with E-state index in [1.807, 2.05) is 24.3 Å². The third kappa shape index (κ3) is 5.04. The fourth-order valence-corrected chi connectivity index (χ4v) is 2.06. The summed E-state index contributed by atoms with van der Waals surface area (Å²) in [5.41, 5.74) is 2.65. The Balaban J connectivity index is 2.02. The minimum Gasteiger partial charge on any atom is -0.322 e. The molecule has 0 bridgehead atoms. The molecule has 0 saturated heterocycles. The standard InChI is InChI=1S/C19H16BrNO2/c1-13(2)19(23)21-17-10-3-14(4-11-17)5-12-18(22)15-6-8-16(20)9-7-15/h3-12H,1H2,2H3,(H,21,23)/b12-5+. The Morgan fingerprint density at radius 1 is 1.04 bits per heavy atom. The van der Waals surface area contributed by atoms with Crippen molar-refractivity contribution >= 4 is 39.4 Å². The summed E-state index contributed by atoms with van der Waals surface area (Å²) >= 11 is 3.34. The Kier molecular flexibility index (Phi) is 5.66. The van der Waals surface area contributed by atoms with Gasteiger partial charge in [-0.05, 0) is 55.0 Å². The zero-order chi connectivity index (χ0) is 16.8. The largest absolute Gasteiger partial charge is 0.322 e. The number of anilines is 1.